The molecule has 1 aliphatic carbocycles. The van der Waals surface area contributed by atoms with Crippen molar-refractivity contribution in [1.29, 1.82) is 0 Å². The molecule has 1 saturated carbocycles. The van der Waals surface area contributed by atoms with E-state index < -0.39 is 0 Å². The van der Waals surface area contributed by atoms with Crippen LogP contribution in [0.1, 0.15) is 43.5 Å². The average molecular weight is 318 g/mol. The Morgan fingerprint density at radius 2 is 2.17 bits per heavy atom. The Labute approximate surface area is 139 Å². The van der Waals surface area contributed by atoms with E-state index in [9.17, 15) is 0 Å². The lowest BCUT2D eigenvalue weighted by atomic mass is 9.90. The molecular weight excluding hydrogens is 288 g/mol. The first-order valence-corrected chi connectivity index (χ1v) is 9.25. The molecule has 6 heteroatoms. The maximum atomic E-state index is 4.76. The zero-order valence-corrected chi connectivity index (χ0v) is 14.2. The van der Waals surface area contributed by atoms with Gasteiger partial charge in [-0.05, 0) is 31.9 Å². The van der Waals surface area contributed by atoms with Crippen molar-refractivity contribution in [2.75, 3.05) is 20.1 Å². The second-order valence-electron chi connectivity index (χ2n) is 7.53. The summed E-state index contributed by atoms with van der Waals surface area (Å²) in [5, 5.41) is 8.17. The van der Waals surface area contributed by atoms with Crippen molar-refractivity contribution in [3.8, 4) is 0 Å². The first kappa shape index (κ1) is 15.6. The highest BCUT2D eigenvalue weighted by molar-refractivity contribution is 5.11. The highest BCUT2D eigenvalue weighted by Gasteiger charge is 2.36. The molecule has 3 atom stereocenters. The number of nitrogens with one attached hydrogen (secondary N) is 3. The van der Waals surface area contributed by atoms with Crippen LogP contribution < -0.4 is 16.2 Å². The van der Waals surface area contributed by atoms with E-state index in [2.05, 4.69) is 38.9 Å². The summed E-state index contributed by atoms with van der Waals surface area (Å²) in [7, 11) is 2.22. The minimum Gasteiger partial charge on any atom is -0.309 e. The minimum atomic E-state index is 0.571. The van der Waals surface area contributed by atoms with Gasteiger partial charge < -0.3 is 5.32 Å². The molecule has 1 aromatic rings. The first-order valence-electron chi connectivity index (χ1n) is 9.25. The van der Waals surface area contributed by atoms with Crippen molar-refractivity contribution in [3.63, 3.8) is 0 Å². The number of aromatic nitrogens is 2. The Hall–Kier alpha value is -0.950. The number of rotatable bonds is 4. The Bertz CT molecular complexity index is 504. The maximum Gasteiger partial charge on any atom is 0.0768 e. The van der Waals surface area contributed by atoms with Crippen molar-refractivity contribution in [3.05, 3.63) is 17.5 Å². The van der Waals surface area contributed by atoms with Crippen molar-refractivity contribution in [2.45, 2.75) is 63.8 Å². The molecule has 0 bridgehead atoms. The molecule has 23 heavy (non-hydrogen) atoms. The molecule has 2 aliphatic heterocycles. The molecule has 0 spiro atoms. The van der Waals surface area contributed by atoms with Gasteiger partial charge in [0.05, 0.1) is 17.9 Å². The molecule has 0 amide bonds. The number of hydrogen-bond donors (Lipinski definition) is 3. The third-order valence-corrected chi connectivity index (χ3v) is 5.70. The molecule has 128 valence electrons. The van der Waals surface area contributed by atoms with Crippen LogP contribution in [0.25, 0.3) is 0 Å². The topological polar surface area (TPSA) is 57.2 Å². The summed E-state index contributed by atoms with van der Waals surface area (Å²) in [6.45, 7) is 5.01. The van der Waals surface area contributed by atoms with Gasteiger partial charge in [-0.25, -0.2) is 0 Å². The van der Waals surface area contributed by atoms with E-state index in [0.717, 1.165) is 38.6 Å². The van der Waals surface area contributed by atoms with Gasteiger partial charge in [-0.15, -0.1) is 0 Å². The Morgan fingerprint density at radius 3 is 3.09 bits per heavy atom. The van der Waals surface area contributed by atoms with Crippen LogP contribution in [0.3, 0.4) is 0 Å². The van der Waals surface area contributed by atoms with Crippen LogP contribution in [0.5, 0.6) is 0 Å². The highest BCUT2D eigenvalue weighted by atomic mass is 15.4. The Morgan fingerprint density at radius 1 is 1.26 bits per heavy atom. The Kier molecular flexibility index (Phi) is 4.66. The smallest absolute Gasteiger partial charge is 0.0768 e. The highest BCUT2D eigenvalue weighted by Crippen LogP contribution is 2.29. The van der Waals surface area contributed by atoms with Gasteiger partial charge in [-0.3, -0.25) is 20.4 Å². The van der Waals surface area contributed by atoms with E-state index in [1.807, 2.05) is 0 Å². The summed E-state index contributed by atoms with van der Waals surface area (Å²) in [6, 6.07) is 3.51. The largest absolute Gasteiger partial charge is 0.309 e. The number of hydrogen-bond acceptors (Lipinski definition) is 5. The summed E-state index contributed by atoms with van der Waals surface area (Å²) < 4.78 is 2.16. The fourth-order valence-electron chi connectivity index (χ4n) is 4.51. The molecule has 0 aromatic carbocycles. The third-order valence-electron chi connectivity index (χ3n) is 5.70. The van der Waals surface area contributed by atoms with Crippen molar-refractivity contribution >= 4 is 0 Å². The standard InChI is InChI=1S/C17H30N6/c1-22(11-13-9-14-10-18-7-8-23(14)21-13)12-17-15-5-3-2-4-6-16(15)19-20-17/h9,15-20H,2-8,10-12H2,1H3. The number of nitrogens with zero attached hydrogens (tertiary/aromatic N) is 3. The predicted octanol–water partition coefficient (Wildman–Crippen LogP) is 0.843. The predicted molar refractivity (Wildman–Crippen MR) is 90.7 cm³/mol. The monoisotopic (exact) mass is 318 g/mol. The molecular formula is C17H30N6. The molecule has 1 aromatic heterocycles. The van der Waals surface area contributed by atoms with E-state index in [0.29, 0.717) is 12.1 Å². The van der Waals surface area contributed by atoms with Crippen LogP contribution in [0.15, 0.2) is 6.07 Å². The SMILES string of the molecule is CN(Cc1cc2n(n1)CCNC2)CC1NNC2CCCCCC21. The number of likely N-dealkylation sites (N-methyl/N-ethyl adjacent to an activating group) is 1. The minimum absolute atomic E-state index is 0.571. The molecule has 3 N–H and O–H groups in total. The molecule has 3 unspecified atom stereocenters. The molecule has 2 fully saturated rings. The molecule has 6 nitrogen and oxygen atoms in total. The van der Waals surface area contributed by atoms with E-state index in [1.54, 1.807) is 0 Å². The van der Waals surface area contributed by atoms with Crippen molar-refractivity contribution in [1.82, 2.24) is 30.8 Å². The summed E-state index contributed by atoms with van der Waals surface area (Å²) in [5.74, 6) is 0.791. The van der Waals surface area contributed by atoms with Gasteiger partial charge in [-0.1, -0.05) is 19.3 Å². The summed E-state index contributed by atoms with van der Waals surface area (Å²) in [4.78, 5) is 2.42. The quantitative estimate of drug-likeness (QED) is 0.768. The van der Waals surface area contributed by atoms with Gasteiger partial charge in [-0.2, -0.15) is 5.10 Å². The van der Waals surface area contributed by atoms with Crippen LogP contribution in [0.2, 0.25) is 0 Å². The van der Waals surface area contributed by atoms with Gasteiger partial charge in [0, 0.05) is 38.3 Å². The van der Waals surface area contributed by atoms with Crippen LogP contribution in [0, 0.1) is 5.92 Å². The van der Waals surface area contributed by atoms with E-state index in [-0.39, 0.29) is 0 Å². The van der Waals surface area contributed by atoms with E-state index >= 15 is 0 Å². The second-order valence-corrected chi connectivity index (χ2v) is 7.53. The van der Waals surface area contributed by atoms with Crippen molar-refractivity contribution in [2.24, 2.45) is 5.92 Å². The molecule has 1 saturated heterocycles. The number of fused-ring (bicyclic) bond motifs is 2. The van der Waals surface area contributed by atoms with Gasteiger partial charge in [0.25, 0.3) is 0 Å². The van der Waals surface area contributed by atoms with Crippen LogP contribution in [-0.4, -0.2) is 46.9 Å². The zero-order valence-electron chi connectivity index (χ0n) is 14.2. The molecule has 3 heterocycles. The summed E-state index contributed by atoms with van der Waals surface area (Å²) in [5.41, 5.74) is 9.64. The number of hydrazine groups is 1. The fraction of sp³-hybridized carbons (Fsp3) is 0.824. The van der Waals surface area contributed by atoms with Crippen LogP contribution in [0.4, 0.5) is 0 Å². The first-order chi connectivity index (χ1) is 11.3. The maximum absolute atomic E-state index is 4.76. The molecule has 3 aliphatic rings. The van der Waals surface area contributed by atoms with Crippen LogP contribution in [-0.2, 0) is 19.6 Å². The molecule has 0 radical (unpaired) electrons. The normalized spacial score (nSPS) is 31.0. The zero-order chi connectivity index (χ0) is 15.6. The van der Waals surface area contributed by atoms with Crippen LogP contribution >= 0.6 is 0 Å². The van der Waals surface area contributed by atoms with Gasteiger partial charge in [0.15, 0.2) is 0 Å². The lowest BCUT2D eigenvalue weighted by Crippen LogP contribution is -2.41. The lowest BCUT2D eigenvalue weighted by Gasteiger charge is -2.25. The van der Waals surface area contributed by atoms with Crippen molar-refractivity contribution < 1.29 is 0 Å². The van der Waals surface area contributed by atoms with E-state index in [1.165, 1.54) is 43.5 Å². The summed E-state index contributed by atoms with van der Waals surface area (Å²) in [6.07, 6.45) is 6.88. The van der Waals surface area contributed by atoms with Gasteiger partial charge in [0.2, 0.25) is 0 Å². The lowest BCUT2D eigenvalue weighted by molar-refractivity contribution is 0.252. The summed E-state index contributed by atoms with van der Waals surface area (Å²) >= 11 is 0. The average Bonchev–Trinajstić information content (AvgIpc) is 3.02. The second kappa shape index (κ2) is 6.89. The Balaban J connectivity index is 1.34. The van der Waals surface area contributed by atoms with Gasteiger partial charge in [0.1, 0.15) is 0 Å². The van der Waals surface area contributed by atoms with E-state index in [4.69, 9.17) is 5.10 Å². The van der Waals surface area contributed by atoms with Gasteiger partial charge >= 0.3 is 0 Å². The molecule has 4 rings (SSSR count). The fourth-order valence-corrected chi connectivity index (χ4v) is 4.51. The third kappa shape index (κ3) is 3.45.